The van der Waals surface area contributed by atoms with Crippen LogP contribution in [-0.2, 0) is 6.54 Å². The van der Waals surface area contributed by atoms with Crippen molar-refractivity contribution in [2.75, 3.05) is 13.1 Å². The summed E-state index contributed by atoms with van der Waals surface area (Å²) in [5, 5.41) is 11.5. The molecule has 1 atom stereocenters. The van der Waals surface area contributed by atoms with Crippen LogP contribution in [0.1, 0.15) is 43.5 Å². The van der Waals surface area contributed by atoms with Crippen LogP contribution in [0.15, 0.2) is 16.5 Å². The number of urea groups is 1. The van der Waals surface area contributed by atoms with Gasteiger partial charge in [0.15, 0.2) is 0 Å². The topological polar surface area (TPSA) is 82.8 Å². The smallest absolute Gasteiger partial charge is 0.371 e. The van der Waals surface area contributed by atoms with Crippen LogP contribution in [0.2, 0.25) is 0 Å². The summed E-state index contributed by atoms with van der Waals surface area (Å²) in [5.74, 6) is -0.367. The van der Waals surface area contributed by atoms with Crippen molar-refractivity contribution in [3.8, 4) is 0 Å². The Kier molecular flexibility index (Phi) is 6.09. The third-order valence-corrected chi connectivity index (χ3v) is 3.18. The van der Waals surface area contributed by atoms with Gasteiger partial charge >= 0.3 is 12.0 Å². The standard InChI is InChI=1S/C14H22N2O4/c1-4-10(3)9-16(5-2)14(19)15-8-11-6-7-12(20-11)13(17)18/h6-7,10H,4-5,8-9H2,1-3H3,(H,15,19)(H,17,18). The Bertz CT molecular complexity index is 456. The number of nitrogens with one attached hydrogen (secondary N) is 1. The second kappa shape index (κ2) is 7.57. The molecule has 2 amide bonds. The molecule has 0 aliphatic heterocycles. The molecule has 2 N–H and O–H groups in total. The maximum absolute atomic E-state index is 12.0. The van der Waals surface area contributed by atoms with Crippen molar-refractivity contribution in [2.24, 2.45) is 5.92 Å². The number of amides is 2. The molecule has 0 aliphatic rings. The van der Waals surface area contributed by atoms with Crippen molar-refractivity contribution >= 4 is 12.0 Å². The van der Waals surface area contributed by atoms with Gasteiger partial charge < -0.3 is 19.7 Å². The molecule has 1 unspecified atom stereocenters. The highest BCUT2D eigenvalue weighted by Crippen LogP contribution is 2.08. The first kappa shape index (κ1) is 16.1. The van der Waals surface area contributed by atoms with Gasteiger partial charge in [0.1, 0.15) is 5.76 Å². The molecule has 6 nitrogen and oxygen atoms in total. The molecule has 0 bridgehead atoms. The maximum Gasteiger partial charge on any atom is 0.371 e. The molecule has 112 valence electrons. The number of nitrogens with zero attached hydrogens (tertiary/aromatic N) is 1. The molecule has 0 aromatic carbocycles. The predicted molar refractivity (Wildman–Crippen MR) is 74.6 cm³/mol. The molecule has 1 aromatic rings. The van der Waals surface area contributed by atoms with Gasteiger partial charge in [-0.2, -0.15) is 0 Å². The third kappa shape index (κ3) is 4.60. The van der Waals surface area contributed by atoms with Crippen molar-refractivity contribution in [1.82, 2.24) is 10.2 Å². The fourth-order valence-corrected chi connectivity index (χ4v) is 1.72. The number of furan rings is 1. The summed E-state index contributed by atoms with van der Waals surface area (Å²) in [7, 11) is 0. The lowest BCUT2D eigenvalue weighted by molar-refractivity contribution is 0.0660. The highest BCUT2D eigenvalue weighted by Gasteiger charge is 2.15. The number of aromatic carboxylic acids is 1. The van der Waals surface area contributed by atoms with E-state index in [4.69, 9.17) is 9.52 Å². The van der Waals surface area contributed by atoms with E-state index in [1.165, 1.54) is 6.07 Å². The number of carboxylic acid groups (broad SMARTS) is 1. The van der Waals surface area contributed by atoms with E-state index in [1.807, 2.05) is 6.92 Å². The molecule has 0 saturated carbocycles. The fraction of sp³-hybridized carbons (Fsp3) is 0.571. The number of hydrogen-bond donors (Lipinski definition) is 2. The molecule has 0 saturated heterocycles. The monoisotopic (exact) mass is 282 g/mol. The molecule has 0 aliphatic carbocycles. The number of carboxylic acids is 1. The Morgan fingerprint density at radius 1 is 1.40 bits per heavy atom. The first-order chi connectivity index (χ1) is 9.47. The lowest BCUT2D eigenvalue weighted by Gasteiger charge is -2.24. The highest BCUT2D eigenvalue weighted by atomic mass is 16.4. The lowest BCUT2D eigenvalue weighted by Crippen LogP contribution is -2.41. The van der Waals surface area contributed by atoms with Gasteiger partial charge in [-0.15, -0.1) is 0 Å². The molecule has 1 aromatic heterocycles. The first-order valence-electron chi connectivity index (χ1n) is 6.82. The van der Waals surface area contributed by atoms with Gasteiger partial charge in [-0.05, 0) is 25.0 Å². The molecule has 20 heavy (non-hydrogen) atoms. The highest BCUT2D eigenvalue weighted by molar-refractivity contribution is 5.84. The Morgan fingerprint density at radius 2 is 2.10 bits per heavy atom. The Balaban J connectivity index is 2.49. The van der Waals surface area contributed by atoms with E-state index in [0.717, 1.165) is 6.42 Å². The van der Waals surface area contributed by atoms with E-state index in [1.54, 1.807) is 11.0 Å². The molecular weight excluding hydrogens is 260 g/mol. The Morgan fingerprint density at radius 3 is 2.60 bits per heavy atom. The van der Waals surface area contributed by atoms with Crippen LogP contribution in [0.3, 0.4) is 0 Å². The lowest BCUT2D eigenvalue weighted by atomic mass is 10.1. The van der Waals surface area contributed by atoms with Crippen LogP contribution >= 0.6 is 0 Å². The average Bonchev–Trinajstić information content (AvgIpc) is 2.90. The van der Waals surface area contributed by atoms with E-state index < -0.39 is 5.97 Å². The van der Waals surface area contributed by atoms with Crippen LogP contribution < -0.4 is 5.32 Å². The number of carbonyl (C=O) groups is 2. The van der Waals surface area contributed by atoms with Crippen LogP contribution in [0.25, 0.3) is 0 Å². The zero-order valence-corrected chi connectivity index (χ0v) is 12.2. The summed E-state index contributed by atoms with van der Waals surface area (Å²) in [6.45, 7) is 7.64. The normalized spacial score (nSPS) is 11.9. The summed E-state index contributed by atoms with van der Waals surface area (Å²) in [6, 6.07) is 2.76. The molecule has 1 heterocycles. The van der Waals surface area contributed by atoms with Crippen LogP contribution in [0.4, 0.5) is 4.79 Å². The zero-order chi connectivity index (χ0) is 15.1. The number of rotatable bonds is 7. The number of carbonyl (C=O) groups excluding carboxylic acids is 1. The summed E-state index contributed by atoms with van der Waals surface area (Å²) >= 11 is 0. The van der Waals surface area contributed by atoms with Gasteiger partial charge in [-0.1, -0.05) is 20.3 Å². The molecule has 0 radical (unpaired) electrons. The van der Waals surface area contributed by atoms with Crippen LogP contribution in [-0.4, -0.2) is 35.1 Å². The van der Waals surface area contributed by atoms with Gasteiger partial charge in [0.2, 0.25) is 5.76 Å². The molecule has 1 rings (SSSR count). The summed E-state index contributed by atoms with van der Waals surface area (Å²) in [4.78, 5) is 24.4. The number of hydrogen-bond acceptors (Lipinski definition) is 3. The summed E-state index contributed by atoms with van der Waals surface area (Å²) in [5.41, 5.74) is 0. The second-order valence-corrected chi connectivity index (χ2v) is 4.78. The molecule has 6 heteroatoms. The quantitative estimate of drug-likeness (QED) is 0.805. The second-order valence-electron chi connectivity index (χ2n) is 4.78. The Hall–Kier alpha value is -1.98. The maximum atomic E-state index is 12.0. The summed E-state index contributed by atoms with van der Waals surface area (Å²) in [6.07, 6.45) is 1.02. The SMILES string of the molecule is CCC(C)CN(CC)C(=O)NCc1ccc(C(=O)O)o1. The molecule has 0 fully saturated rings. The van der Waals surface area contributed by atoms with Gasteiger partial charge in [0.05, 0.1) is 6.54 Å². The third-order valence-electron chi connectivity index (χ3n) is 3.18. The minimum Gasteiger partial charge on any atom is -0.475 e. The van der Waals surface area contributed by atoms with Crippen molar-refractivity contribution in [1.29, 1.82) is 0 Å². The van der Waals surface area contributed by atoms with Crippen molar-refractivity contribution < 1.29 is 19.1 Å². The van der Waals surface area contributed by atoms with E-state index >= 15 is 0 Å². The van der Waals surface area contributed by atoms with Crippen LogP contribution in [0, 0.1) is 5.92 Å². The van der Waals surface area contributed by atoms with Gasteiger partial charge in [0, 0.05) is 13.1 Å². The minimum atomic E-state index is -1.12. The van der Waals surface area contributed by atoms with Gasteiger partial charge in [-0.3, -0.25) is 0 Å². The zero-order valence-electron chi connectivity index (χ0n) is 12.2. The Labute approximate surface area is 118 Å². The van der Waals surface area contributed by atoms with Crippen molar-refractivity contribution in [3.05, 3.63) is 23.7 Å². The molecular formula is C14H22N2O4. The van der Waals surface area contributed by atoms with E-state index in [-0.39, 0.29) is 18.3 Å². The first-order valence-corrected chi connectivity index (χ1v) is 6.82. The van der Waals surface area contributed by atoms with Gasteiger partial charge in [0.25, 0.3) is 0 Å². The van der Waals surface area contributed by atoms with Crippen LogP contribution in [0.5, 0.6) is 0 Å². The van der Waals surface area contributed by atoms with Crippen molar-refractivity contribution in [3.63, 3.8) is 0 Å². The van der Waals surface area contributed by atoms with E-state index in [9.17, 15) is 9.59 Å². The fourth-order valence-electron chi connectivity index (χ4n) is 1.72. The minimum absolute atomic E-state index is 0.124. The average molecular weight is 282 g/mol. The largest absolute Gasteiger partial charge is 0.475 e. The van der Waals surface area contributed by atoms with E-state index in [0.29, 0.717) is 24.8 Å². The molecule has 0 spiro atoms. The van der Waals surface area contributed by atoms with Crippen molar-refractivity contribution in [2.45, 2.75) is 33.7 Å². The predicted octanol–water partition coefficient (Wildman–Crippen LogP) is 2.56. The van der Waals surface area contributed by atoms with E-state index in [2.05, 4.69) is 19.2 Å². The van der Waals surface area contributed by atoms with Gasteiger partial charge in [-0.25, -0.2) is 9.59 Å². The summed E-state index contributed by atoms with van der Waals surface area (Å²) < 4.78 is 5.08.